The zero-order valence-electron chi connectivity index (χ0n) is 14.0. The Bertz CT molecular complexity index is 795. The molecule has 1 saturated heterocycles. The highest BCUT2D eigenvalue weighted by Crippen LogP contribution is 2.15. The fourth-order valence-corrected chi connectivity index (χ4v) is 2.63. The molecule has 0 saturated carbocycles. The molecule has 3 rings (SSSR count). The number of imide groups is 1. The second kappa shape index (κ2) is 6.76. The molecule has 25 heavy (non-hydrogen) atoms. The molecule has 1 aliphatic rings. The molecule has 1 fully saturated rings. The highest BCUT2D eigenvalue weighted by molar-refractivity contribution is 6.06. The number of nitrogens with one attached hydrogen (secondary N) is 2. The van der Waals surface area contributed by atoms with Gasteiger partial charge in [-0.25, -0.2) is 4.79 Å². The summed E-state index contributed by atoms with van der Waals surface area (Å²) < 4.78 is 1.64. The lowest BCUT2D eigenvalue weighted by Crippen LogP contribution is -2.34. The van der Waals surface area contributed by atoms with E-state index in [0.717, 1.165) is 16.2 Å². The van der Waals surface area contributed by atoms with Crippen molar-refractivity contribution in [3.05, 3.63) is 47.7 Å². The van der Waals surface area contributed by atoms with Gasteiger partial charge in [-0.05, 0) is 12.5 Å². The van der Waals surface area contributed by atoms with Crippen LogP contribution in [0.2, 0.25) is 0 Å². The summed E-state index contributed by atoms with van der Waals surface area (Å²) >= 11 is 0. The Kier molecular flexibility index (Phi) is 4.51. The molecule has 8 heteroatoms. The van der Waals surface area contributed by atoms with Crippen LogP contribution in [0.5, 0.6) is 0 Å². The zero-order valence-corrected chi connectivity index (χ0v) is 14.0. The number of anilines is 1. The summed E-state index contributed by atoms with van der Waals surface area (Å²) in [5, 5.41) is 9.33. The maximum atomic E-state index is 12.4. The summed E-state index contributed by atoms with van der Waals surface area (Å²) in [6.45, 7) is 2.05. The van der Waals surface area contributed by atoms with Crippen LogP contribution >= 0.6 is 0 Å². The van der Waals surface area contributed by atoms with Gasteiger partial charge in [0.1, 0.15) is 6.04 Å². The van der Waals surface area contributed by atoms with Gasteiger partial charge in [-0.3, -0.25) is 19.2 Å². The summed E-state index contributed by atoms with van der Waals surface area (Å²) in [5.41, 5.74) is 1.75. The van der Waals surface area contributed by atoms with Crippen LogP contribution in [0.4, 0.5) is 10.6 Å². The average Bonchev–Trinajstić information content (AvgIpc) is 3.01. The summed E-state index contributed by atoms with van der Waals surface area (Å²) in [6, 6.07) is 9.60. The molecule has 0 aliphatic carbocycles. The van der Waals surface area contributed by atoms with Crippen molar-refractivity contribution in [2.45, 2.75) is 25.9 Å². The first-order valence-corrected chi connectivity index (χ1v) is 7.90. The van der Waals surface area contributed by atoms with E-state index in [1.807, 2.05) is 37.3 Å². The van der Waals surface area contributed by atoms with E-state index in [0.29, 0.717) is 5.82 Å². The minimum absolute atomic E-state index is 0.133. The molecule has 1 aliphatic heterocycles. The molecule has 0 unspecified atom stereocenters. The topological polar surface area (TPSA) is 96.3 Å². The van der Waals surface area contributed by atoms with E-state index in [-0.39, 0.29) is 18.9 Å². The number of rotatable bonds is 5. The minimum Gasteiger partial charge on any atom is -0.325 e. The fraction of sp³-hybridized carbons (Fsp3) is 0.294. The Morgan fingerprint density at radius 3 is 2.64 bits per heavy atom. The van der Waals surface area contributed by atoms with E-state index >= 15 is 0 Å². The van der Waals surface area contributed by atoms with Gasteiger partial charge in [0.15, 0.2) is 5.82 Å². The van der Waals surface area contributed by atoms with E-state index in [2.05, 4.69) is 15.7 Å². The van der Waals surface area contributed by atoms with Gasteiger partial charge in [0, 0.05) is 18.8 Å². The molecule has 2 aromatic rings. The smallest absolute Gasteiger partial charge is 0.325 e. The molecule has 1 aromatic carbocycles. The maximum absolute atomic E-state index is 12.4. The van der Waals surface area contributed by atoms with Crippen molar-refractivity contribution in [1.29, 1.82) is 0 Å². The lowest BCUT2D eigenvalue weighted by atomic mass is 10.1. The van der Waals surface area contributed by atoms with Crippen LogP contribution in [-0.2, 0) is 23.2 Å². The molecule has 4 amide bonds. The van der Waals surface area contributed by atoms with Crippen LogP contribution in [0, 0.1) is 6.92 Å². The van der Waals surface area contributed by atoms with Crippen LogP contribution < -0.4 is 10.6 Å². The maximum Gasteiger partial charge on any atom is 0.325 e. The number of carbonyl (C=O) groups is 3. The van der Waals surface area contributed by atoms with Crippen molar-refractivity contribution in [3.63, 3.8) is 0 Å². The van der Waals surface area contributed by atoms with Gasteiger partial charge in [-0.1, -0.05) is 30.3 Å². The van der Waals surface area contributed by atoms with Crippen molar-refractivity contribution in [2.75, 3.05) is 5.32 Å². The van der Waals surface area contributed by atoms with Crippen molar-refractivity contribution in [3.8, 4) is 0 Å². The first-order valence-electron chi connectivity index (χ1n) is 7.90. The molecule has 2 N–H and O–H groups in total. The number of aryl methyl sites for hydroxylation is 2. The van der Waals surface area contributed by atoms with E-state index in [4.69, 9.17) is 0 Å². The van der Waals surface area contributed by atoms with Gasteiger partial charge in [0.05, 0.1) is 13.0 Å². The molecule has 0 radical (unpaired) electrons. The van der Waals surface area contributed by atoms with Gasteiger partial charge < -0.3 is 10.6 Å². The van der Waals surface area contributed by atoms with Crippen LogP contribution in [0.15, 0.2) is 36.4 Å². The first kappa shape index (κ1) is 16.7. The molecular formula is C17H19N5O3. The second-order valence-corrected chi connectivity index (χ2v) is 5.96. The van der Waals surface area contributed by atoms with E-state index in [1.165, 1.54) is 0 Å². The van der Waals surface area contributed by atoms with E-state index < -0.39 is 18.0 Å². The molecule has 130 valence electrons. The summed E-state index contributed by atoms with van der Waals surface area (Å²) in [6.07, 6.45) is -0.133. The van der Waals surface area contributed by atoms with Gasteiger partial charge in [-0.15, -0.1) is 0 Å². The predicted octanol–water partition coefficient (Wildman–Crippen LogP) is 1.18. The SMILES string of the molecule is Cc1cc(NC(=O)C[C@H]2NC(=O)N(Cc3ccccc3)C2=O)nn1C. The van der Waals surface area contributed by atoms with E-state index in [1.54, 1.807) is 17.8 Å². The molecule has 1 atom stereocenters. The number of carbonyl (C=O) groups excluding carboxylic acids is 3. The highest BCUT2D eigenvalue weighted by Gasteiger charge is 2.39. The second-order valence-electron chi connectivity index (χ2n) is 5.96. The van der Waals surface area contributed by atoms with Gasteiger partial charge in [0.2, 0.25) is 5.91 Å². The lowest BCUT2D eigenvalue weighted by Gasteiger charge is -2.12. The lowest BCUT2D eigenvalue weighted by molar-refractivity contribution is -0.130. The van der Waals surface area contributed by atoms with Gasteiger partial charge >= 0.3 is 6.03 Å². The standard InChI is InChI=1S/C17H19N5O3/c1-11-8-14(20-21(11)2)19-15(23)9-13-16(24)22(17(25)18-13)10-12-6-4-3-5-7-12/h3-8,13H,9-10H2,1-2H3,(H,18,25)(H,19,20,23)/t13-/m1/s1. The Balaban J connectivity index is 1.60. The van der Waals surface area contributed by atoms with Crippen molar-refractivity contribution in [2.24, 2.45) is 7.05 Å². The molecule has 0 bridgehead atoms. The summed E-state index contributed by atoms with van der Waals surface area (Å²) in [7, 11) is 1.77. The third-order valence-electron chi connectivity index (χ3n) is 4.06. The number of benzene rings is 1. The van der Waals surface area contributed by atoms with Crippen LogP contribution in [-0.4, -0.2) is 38.6 Å². The first-order chi connectivity index (χ1) is 11.9. The summed E-state index contributed by atoms with van der Waals surface area (Å²) in [4.78, 5) is 37.7. The Labute approximate surface area is 144 Å². The van der Waals surface area contributed by atoms with Crippen LogP contribution in [0.3, 0.4) is 0 Å². The predicted molar refractivity (Wildman–Crippen MR) is 90.5 cm³/mol. The van der Waals surface area contributed by atoms with Crippen molar-refractivity contribution >= 4 is 23.7 Å². The van der Waals surface area contributed by atoms with Crippen molar-refractivity contribution in [1.82, 2.24) is 20.0 Å². The van der Waals surface area contributed by atoms with Crippen LogP contribution in [0.1, 0.15) is 17.7 Å². The Hall–Kier alpha value is -3.16. The third kappa shape index (κ3) is 3.68. The number of aromatic nitrogens is 2. The third-order valence-corrected chi connectivity index (χ3v) is 4.06. The number of nitrogens with zero attached hydrogens (tertiary/aromatic N) is 3. The Morgan fingerprint density at radius 1 is 1.28 bits per heavy atom. The molecule has 1 aromatic heterocycles. The molecule has 8 nitrogen and oxygen atoms in total. The van der Waals surface area contributed by atoms with Gasteiger partial charge in [0.25, 0.3) is 5.91 Å². The number of hydrogen-bond acceptors (Lipinski definition) is 4. The molecular weight excluding hydrogens is 322 g/mol. The number of amides is 4. The van der Waals surface area contributed by atoms with Crippen LogP contribution in [0.25, 0.3) is 0 Å². The average molecular weight is 341 g/mol. The molecule has 2 heterocycles. The Morgan fingerprint density at radius 2 is 2.00 bits per heavy atom. The largest absolute Gasteiger partial charge is 0.325 e. The zero-order chi connectivity index (χ0) is 18.0. The quantitative estimate of drug-likeness (QED) is 0.798. The van der Waals surface area contributed by atoms with Gasteiger partial charge in [-0.2, -0.15) is 5.10 Å². The summed E-state index contributed by atoms with van der Waals surface area (Å²) in [5.74, 6) is -0.359. The molecule has 0 spiro atoms. The van der Waals surface area contributed by atoms with E-state index in [9.17, 15) is 14.4 Å². The highest BCUT2D eigenvalue weighted by atomic mass is 16.2. The monoisotopic (exact) mass is 341 g/mol. The number of hydrogen-bond donors (Lipinski definition) is 2. The normalized spacial score (nSPS) is 16.9. The van der Waals surface area contributed by atoms with Crippen molar-refractivity contribution < 1.29 is 14.4 Å². The minimum atomic E-state index is -0.860. The fourth-order valence-electron chi connectivity index (χ4n) is 2.63. The number of urea groups is 1.